The van der Waals surface area contributed by atoms with E-state index in [9.17, 15) is 0 Å². The highest BCUT2D eigenvalue weighted by Crippen LogP contribution is 2.51. The molecule has 2 atom stereocenters. The molecule has 0 spiro atoms. The summed E-state index contributed by atoms with van der Waals surface area (Å²) in [6.45, 7) is 4.46. The van der Waals surface area contributed by atoms with E-state index in [4.69, 9.17) is 9.78 Å². The lowest BCUT2D eigenvalue weighted by molar-refractivity contribution is -0.314. The Kier molecular flexibility index (Phi) is 7.76. The van der Waals surface area contributed by atoms with Crippen LogP contribution in [0.25, 0.3) is 0 Å². The van der Waals surface area contributed by atoms with Crippen molar-refractivity contribution in [2.75, 3.05) is 12.3 Å². The number of hydrogen-bond donors (Lipinski definition) is 0. The van der Waals surface area contributed by atoms with Gasteiger partial charge in [-0.25, -0.2) is 9.78 Å². The summed E-state index contributed by atoms with van der Waals surface area (Å²) >= 11 is 0. The molecule has 0 saturated carbocycles. The van der Waals surface area contributed by atoms with Gasteiger partial charge in [-0.1, -0.05) is 128 Å². The van der Waals surface area contributed by atoms with E-state index in [1.807, 2.05) is 0 Å². The van der Waals surface area contributed by atoms with Crippen LogP contribution in [0.2, 0.25) is 0 Å². The van der Waals surface area contributed by atoms with Gasteiger partial charge in [-0.05, 0) is 44.0 Å². The minimum absolute atomic E-state index is 0.0572. The quantitative estimate of drug-likeness (QED) is 0.220. The molecule has 4 heteroatoms. The van der Waals surface area contributed by atoms with E-state index in [2.05, 4.69) is 135 Å². The first-order valence-electron chi connectivity index (χ1n) is 12.3. The first-order chi connectivity index (χ1) is 17.2. The lowest BCUT2D eigenvalue weighted by atomic mass is 9.89. The van der Waals surface area contributed by atoms with Gasteiger partial charge in [-0.15, -0.1) is 0 Å². The number of hydrogen-bond acceptors (Lipinski definition) is 2. The number of benzene rings is 4. The summed E-state index contributed by atoms with van der Waals surface area (Å²) in [6, 6.07) is 43.8. The summed E-state index contributed by atoms with van der Waals surface area (Å²) < 4.78 is 0. The molecule has 4 aromatic carbocycles. The van der Waals surface area contributed by atoms with Gasteiger partial charge in [0.05, 0.1) is 6.10 Å². The predicted molar refractivity (Wildman–Crippen MR) is 151 cm³/mol. The van der Waals surface area contributed by atoms with E-state index >= 15 is 0 Å². The maximum absolute atomic E-state index is 6.44. The molecule has 0 aliphatic carbocycles. The first kappa shape index (κ1) is 24.4. The second kappa shape index (κ2) is 11.2. The van der Waals surface area contributed by atoms with Gasteiger partial charge in [0.15, 0.2) is 0 Å². The van der Waals surface area contributed by atoms with Crippen molar-refractivity contribution >= 4 is 37.1 Å². The van der Waals surface area contributed by atoms with Crippen molar-refractivity contribution in [1.29, 1.82) is 0 Å². The Morgan fingerprint density at radius 1 is 0.543 bits per heavy atom. The maximum Gasteiger partial charge on any atom is 0.118 e. The topological polar surface area (TPSA) is 18.5 Å². The Morgan fingerprint density at radius 2 is 0.857 bits per heavy atom. The molecular formula is C31H32O2P2. The van der Waals surface area contributed by atoms with Crippen LogP contribution < -0.4 is 21.2 Å². The van der Waals surface area contributed by atoms with Crippen LogP contribution in [-0.4, -0.2) is 24.0 Å². The normalized spacial score (nSPS) is 19.3. The fourth-order valence-corrected chi connectivity index (χ4v) is 10.4. The van der Waals surface area contributed by atoms with E-state index in [1.54, 1.807) is 0 Å². The van der Waals surface area contributed by atoms with E-state index in [0.717, 1.165) is 12.3 Å². The van der Waals surface area contributed by atoms with Crippen LogP contribution in [0.5, 0.6) is 0 Å². The standard InChI is InChI=1S/C31H32O2P2/c1-25-26(2)32-33-31(25,23-34(27-15-7-3-8-16-27)28-17-9-4-10-18-28)24-35(29-19-11-5-12-20-29)30-21-13-6-14-22-30/h3-22,25-26H,23-24H2,1-2H3. The third kappa shape index (κ3) is 5.42. The van der Waals surface area contributed by atoms with Gasteiger partial charge in [-0.3, -0.25) is 0 Å². The molecule has 0 N–H and O–H groups in total. The van der Waals surface area contributed by atoms with Gasteiger partial charge in [0.2, 0.25) is 0 Å². The molecule has 4 aromatic rings. The molecule has 2 unspecified atom stereocenters. The second-order valence-corrected chi connectivity index (χ2v) is 13.7. The van der Waals surface area contributed by atoms with Crippen molar-refractivity contribution in [2.45, 2.75) is 25.6 Å². The molecule has 0 aromatic heterocycles. The summed E-state index contributed by atoms with van der Waals surface area (Å²) in [5.74, 6) is 0.275. The molecule has 0 bridgehead atoms. The first-order valence-corrected chi connectivity index (χ1v) is 15.3. The summed E-state index contributed by atoms with van der Waals surface area (Å²) in [5.41, 5.74) is -0.381. The summed E-state index contributed by atoms with van der Waals surface area (Å²) in [5, 5.41) is 5.53. The van der Waals surface area contributed by atoms with E-state index in [0.29, 0.717) is 0 Å². The van der Waals surface area contributed by atoms with Crippen molar-refractivity contribution in [3.63, 3.8) is 0 Å². The summed E-state index contributed by atoms with van der Waals surface area (Å²) in [4.78, 5) is 12.4. The maximum atomic E-state index is 6.44. The molecule has 1 aliphatic heterocycles. The molecular weight excluding hydrogens is 466 g/mol. The lowest BCUT2D eigenvalue weighted by Crippen LogP contribution is -2.45. The van der Waals surface area contributed by atoms with Gasteiger partial charge in [0.1, 0.15) is 5.60 Å². The largest absolute Gasteiger partial charge is 0.233 e. The van der Waals surface area contributed by atoms with Crippen LogP contribution in [0, 0.1) is 5.92 Å². The molecule has 0 radical (unpaired) electrons. The zero-order valence-electron chi connectivity index (χ0n) is 20.3. The molecule has 178 valence electrons. The van der Waals surface area contributed by atoms with E-state index < -0.39 is 15.8 Å². The third-order valence-corrected chi connectivity index (χ3v) is 12.4. The zero-order chi connectivity index (χ0) is 24.1. The fraction of sp³-hybridized carbons (Fsp3) is 0.226. The lowest BCUT2D eigenvalue weighted by Gasteiger charge is -2.37. The van der Waals surface area contributed by atoms with Crippen LogP contribution >= 0.6 is 15.8 Å². The Labute approximate surface area is 211 Å². The fourth-order valence-electron chi connectivity index (χ4n) is 4.78. The van der Waals surface area contributed by atoms with Crippen molar-refractivity contribution in [3.05, 3.63) is 121 Å². The van der Waals surface area contributed by atoms with Gasteiger partial charge in [0, 0.05) is 18.2 Å². The average molecular weight is 499 g/mol. The average Bonchev–Trinajstić information content (AvgIpc) is 3.21. The van der Waals surface area contributed by atoms with Crippen LogP contribution in [0.4, 0.5) is 0 Å². The van der Waals surface area contributed by atoms with Crippen molar-refractivity contribution in [1.82, 2.24) is 0 Å². The molecule has 1 fully saturated rings. The molecule has 0 amide bonds. The highest BCUT2D eigenvalue weighted by Gasteiger charge is 2.51. The molecule has 1 saturated heterocycles. The highest BCUT2D eigenvalue weighted by molar-refractivity contribution is 7.74. The molecule has 5 rings (SSSR count). The summed E-state index contributed by atoms with van der Waals surface area (Å²) in [7, 11) is -1.24. The predicted octanol–water partition coefficient (Wildman–Crippen LogP) is 5.98. The van der Waals surface area contributed by atoms with Crippen molar-refractivity contribution in [3.8, 4) is 0 Å². The summed E-state index contributed by atoms with van der Waals surface area (Å²) in [6.07, 6.45) is 1.92. The van der Waals surface area contributed by atoms with Crippen LogP contribution in [0.1, 0.15) is 13.8 Å². The number of rotatable bonds is 8. The van der Waals surface area contributed by atoms with Gasteiger partial charge >= 0.3 is 0 Å². The Bertz CT molecular complexity index is 1020. The van der Waals surface area contributed by atoms with Gasteiger partial charge < -0.3 is 0 Å². The highest BCUT2D eigenvalue weighted by atomic mass is 31.1. The van der Waals surface area contributed by atoms with Gasteiger partial charge in [-0.2, -0.15) is 0 Å². The minimum Gasteiger partial charge on any atom is -0.233 e. The molecule has 2 nitrogen and oxygen atoms in total. The van der Waals surface area contributed by atoms with Crippen molar-refractivity contribution < 1.29 is 9.78 Å². The third-order valence-electron chi connectivity index (χ3n) is 7.02. The molecule has 1 aliphatic rings. The van der Waals surface area contributed by atoms with Crippen molar-refractivity contribution in [2.24, 2.45) is 5.92 Å². The molecule has 35 heavy (non-hydrogen) atoms. The second-order valence-electron chi connectivity index (χ2n) is 9.25. The zero-order valence-corrected chi connectivity index (χ0v) is 22.1. The van der Waals surface area contributed by atoms with Crippen LogP contribution in [-0.2, 0) is 9.78 Å². The van der Waals surface area contributed by atoms with Gasteiger partial charge in [0.25, 0.3) is 0 Å². The Hall–Kier alpha value is -2.34. The van der Waals surface area contributed by atoms with E-state index in [1.165, 1.54) is 21.2 Å². The molecule has 1 heterocycles. The van der Waals surface area contributed by atoms with Crippen LogP contribution in [0.15, 0.2) is 121 Å². The van der Waals surface area contributed by atoms with E-state index in [-0.39, 0.29) is 17.6 Å². The Morgan fingerprint density at radius 3 is 1.11 bits per heavy atom. The SMILES string of the molecule is CC1OOC(CP(c2ccccc2)c2ccccc2)(CP(c2ccccc2)c2ccccc2)C1C. The smallest absolute Gasteiger partial charge is 0.118 e. The Balaban J connectivity index is 1.58. The minimum atomic E-state index is -0.619. The monoisotopic (exact) mass is 498 g/mol. The van der Waals surface area contributed by atoms with Crippen LogP contribution in [0.3, 0.4) is 0 Å².